The van der Waals surface area contributed by atoms with Gasteiger partial charge in [-0.2, -0.15) is 0 Å². The highest BCUT2D eigenvalue weighted by atomic mass is 35.5. The van der Waals surface area contributed by atoms with Gasteiger partial charge in [-0.05, 0) is 49.2 Å². The highest BCUT2D eigenvalue weighted by Gasteiger charge is 2.06. The predicted molar refractivity (Wildman–Crippen MR) is 118 cm³/mol. The highest BCUT2D eigenvalue weighted by Crippen LogP contribution is 2.23. The van der Waals surface area contributed by atoms with Gasteiger partial charge in [-0.1, -0.05) is 59.2 Å². The predicted octanol–water partition coefficient (Wildman–Crippen LogP) is 7.22. The molecule has 0 radical (unpaired) electrons. The van der Waals surface area contributed by atoms with Crippen molar-refractivity contribution in [3.8, 4) is 0 Å². The third-order valence-corrected chi connectivity index (χ3v) is 4.72. The molecule has 8 heteroatoms. The van der Waals surface area contributed by atoms with Crippen molar-refractivity contribution in [2.45, 2.75) is 38.5 Å². The molecule has 0 aliphatic carbocycles. The van der Waals surface area contributed by atoms with Crippen LogP contribution < -0.4 is 10.6 Å². The van der Waals surface area contributed by atoms with Gasteiger partial charge in [-0.3, -0.25) is 9.59 Å². The van der Waals surface area contributed by atoms with Crippen LogP contribution in [-0.4, -0.2) is 11.8 Å². The molecule has 4 nitrogen and oxygen atoms in total. The molecule has 2 amide bonds. The standard InChI is InChI=1S/C20H20Cl4N2O2/c21-13-7-14(22)10-17(9-13)25-19(27)5-3-1-2-4-6-20(28)26-18-11-15(23)8-16(24)12-18/h7-12H,1-6H2,(H,25,27)(H,26,28). The Balaban J connectivity index is 1.59. The molecular formula is C20H20Cl4N2O2. The zero-order chi connectivity index (χ0) is 20.5. The first-order valence-electron chi connectivity index (χ1n) is 8.84. The maximum atomic E-state index is 12.0. The van der Waals surface area contributed by atoms with Crippen LogP contribution in [0, 0.1) is 0 Å². The zero-order valence-electron chi connectivity index (χ0n) is 15.0. The molecule has 0 bridgehead atoms. The fraction of sp³-hybridized carbons (Fsp3) is 0.300. The molecule has 2 aromatic rings. The first-order valence-corrected chi connectivity index (χ1v) is 10.3. The van der Waals surface area contributed by atoms with E-state index in [1.54, 1.807) is 36.4 Å². The normalized spacial score (nSPS) is 10.6. The Morgan fingerprint density at radius 3 is 1.21 bits per heavy atom. The van der Waals surface area contributed by atoms with Gasteiger partial charge < -0.3 is 10.6 Å². The Labute approximate surface area is 184 Å². The quantitative estimate of drug-likeness (QED) is 0.387. The lowest BCUT2D eigenvalue weighted by Crippen LogP contribution is -2.11. The van der Waals surface area contributed by atoms with E-state index in [1.807, 2.05) is 0 Å². The molecule has 150 valence electrons. The van der Waals surface area contributed by atoms with Crippen LogP contribution in [-0.2, 0) is 9.59 Å². The molecule has 0 aromatic heterocycles. The fourth-order valence-corrected chi connectivity index (χ4v) is 3.68. The van der Waals surface area contributed by atoms with E-state index in [2.05, 4.69) is 10.6 Å². The number of unbranched alkanes of at least 4 members (excludes halogenated alkanes) is 3. The SMILES string of the molecule is O=C(CCCCCCC(=O)Nc1cc(Cl)cc(Cl)c1)Nc1cc(Cl)cc(Cl)c1. The number of rotatable bonds is 9. The van der Waals surface area contributed by atoms with Crippen molar-refractivity contribution in [2.24, 2.45) is 0 Å². The molecule has 28 heavy (non-hydrogen) atoms. The van der Waals surface area contributed by atoms with Crippen LogP contribution in [0.15, 0.2) is 36.4 Å². The molecule has 0 atom stereocenters. The van der Waals surface area contributed by atoms with Crippen LogP contribution >= 0.6 is 46.4 Å². The number of nitrogens with one attached hydrogen (secondary N) is 2. The van der Waals surface area contributed by atoms with E-state index in [0.29, 0.717) is 44.3 Å². The van der Waals surface area contributed by atoms with Crippen LogP contribution in [0.3, 0.4) is 0 Å². The van der Waals surface area contributed by atoms with Gasteiger partial charge in [0.2, 0.25) is 11.8 Å². The Kier molecular flexibility index (Phi) is 9.39. The largest absolute Gasteiger partial charge is 0.326 e. The summed E-state index contributed by atoms with van der Waals surface area (Å²) in [7, 11) is 0. The molecule has 2 aromatic carbocycles. The monoisotopic (exact) mass is 460 g/mol. The van der Waals surface area contributed by atoms with Crippen LogP contribution in [0.2, 0.25) is 20.1 Å². The summed E-state index contributed by atoms with van der Waals surface area (Å²) < 4.78 is 0. The summed E-state index contributed by atoms with van der Waals surface area (Å²) in [5.41, 5.74) is 1.17. The van der Waals surface area contributed by atoms with Crippen molar-refractivity contribution in [3.05, 3.63) is 56.5 Å². The van der Waals surface area contributed by atoms with Crippen molar-refractivity contribution in [1.82, 2.24) is 0 Å². The van der Waals surface area contributed by atoms with Gasteiger partial charge in [0.1, 0.15) is 0 Å². The molecule has 2 N–H and O–H groups in total. The average Bonchev–Trinajstić information content (AvgIpc) is 2.56. The molecule has 0 fully saturated rings. The average molecular weight is 462 g/mol. The maximum Gasteiger partial charge on any atom is 0.224 e. The molecule has 0 saturated carbocycles. The molecule has 0 spiro atoms. The van der Waals surface area contributed by atoms with Crippen molar-refractivity contribution in [2.75, 3.05) is 10.6 Å². The van der Waals surface area contributed by atoms with Gasteiger partial charge in [0, 0.05) is 44.3 Å². The number of carbonyl (C=O) groups is 2. The minimum absolute atomic E-state index is 0.0890. The highest BCUT2D eigenvalue weighted by molar-refractivity contribution is 6.35. The smallest absolute Gasteiger partial charge is 0.224 e. The number of halogens is 4. The van der Waals surface area contributed by atoms with E-state index in [1.165, 1.54) is 0 Å². The van der Waals surface area contributed by atoms with Crippen LogP contribution in [0.5, 0.6) is 0 Å². The first-order chi connectivity index (χ1) is 13.3. The lowest BCUT2D eigenvalue weighted by atomic mass is 10.1. The molecule has 0 unspecified atom stereocenters. The van der Waals surface area contributed by atoms with E-state index < -0.39 is 0 Å². The van der Waals surface area contributed by atoms with Crippen LogP contribution in [0.4, 0.5) is 11.4 Å². The second kappa shape index (κ2) is 11.5. The lowest BCUT2D eigenvalue weighted by Gasteiger charge is -2.07. The molecule has 0 saturated heterocycles. The van der Waals surface area contributed by atoms with E-state index in [9.17, 15) is 9.59 Å². The van der Waals surface area contributed by atoms with Gasteiger partial charge in [0.05, 0.1) is 0 Å². The van der Waals surface area contributed by atoms with Crippen molar-refractivity contribution in [1.29, 1.82) is 0 Å². The summed E-state index contributed by atoms with van der Waals surface area (Å²) in [5, 5.41) is 7.44. The summed E-state index contributed by atoms with van der Waals surface area (Å²) >= 11 is 23.6. The number of anilines is 2. The number of carbonyl (C=O) groups excluding carboxylic acids is 2. The van der Waals surface area contributed by atoms with E-state index in [4.69, 9.17) is 46.4 Å². The summed E-state index contributed by atoms with van der Waals surface area (Å²) in [4.78, 5) is 23.9. The molecule has 2 rings (SSSR count). The summed E-state index contributed by atoms with van der Waals surface area (Å²) in [6, 6.07) is 9.81. The topological polar surface area (TPSA) is 58.2 Å². The van der Waals surface area contributed by atoms with Gasteiger partial charge >= 0.3 is 0 Å². The third-order valence-electron chi connectivity index (χ3n) is 3.85. The maximum absolute atomic E-state index is 12.0. The van der Waals surface area contributed by atoms with Gasteiger partial charge in [-0.15, -0.1) is 0 Å². The zero-order valence-corrected chi connectivity index (χ0v) is 18.1. The Hall–Kier alpha value is -1.46. The van der Waals surface area contributed by atoms with E-state index in [-0.39, 0.29) is 11.8 Å². The van der Waals surface area contributed by atoms with Crippen LogP contribution in [0.1, 0.15) is 38.5 Å². The minimum Gasteiger partial charge on any atom is -0.326 e. The summed E-state index contributed by atoms with van der Waals surface area (Å²) in [6.07, 6.45) is 4.01. The Morgan fingerprint density at radius 2 is 0.893 bits per heavy atom. The first kappa shape index (κ1) is 22.8. The third kappa shape index (κ3) is 8.70. The van der Waals surface area contributed by atoms with Crippen LogP contribution in [0.25, 0.3) is 0 Å². The fourth-order valence-electron chi connectivity index (χ4n) is 2.62. The number of hydrogen-bond donors (Lipinski definition) is 2. The summed E-state index contributed by atoms with van der Waals surface area (Å²) in [5.74, 6) is -0.178. The number of hydrogen-bond acceptors (Lipinski definition) is 2. The number of amides is 2. The van der Waals surface area contributed by atoms with Crippen molar-refractivity contribution >= 4 is 69.6 Å². The minimum atomic E-state index is -0.0890. The Bertz CT molecular complexity index is 733. The molecule has 0 aliphatic rings. The molecule has 0 heterocycles. The van der Waals surface area contributed by atoms with Crippen molar-refractivity contribution < 1.29 is 9.59 Å². The molecule has 0 aliphatic heterocycles. The van der Waals surface area contributed by atoms with E-state index >= 15 is 0 Å². The van der Waals surface area contributed by atoms with Gasteiger partial charge in [0.15, 0.2) is 0 Å². The molecular weight excluding hydrogens is 442 g/mol. The summed E-state index contributed by atoms with van der Waals surface area (Å²) in [6.45, 7) is 0. The lowest BCUT2D eigenvalue weighted by molar-refractivity contribution is -0.117. The second-order valence-corrected chi connectivity index (χ2v) is 8.07. The van der Waals surface area contributed by atoms with Gasteiger partial charge in [-0.25, -0.2) is 0 Å². The second-order valence-electron chi connectivity index (χ2n) is 6.33. The Morgan fingerprint density at radius 1 is 0.571 bits per heavy atom. The van der Waals surface area contributed by atoms with Crippen molar-refractivity contribution in [3.63, 3.8) is 0 Å². The van der Waals surface area contributed by atoms with Gasteiger partial charge in [0.25, 0.3) is 0 Å². The van der Waals surface area contributed by atoms with E-state index in [0.717, 1.165) is 25.7 Å². The number of benzene rings is 2.